The minimum Gasteiger partial charge on any atom is -0.309 e. The normalized spacial score (nSPS) is 12.9. The molecule has 0 aliphatic rings. The summed E-state index contributed by atoms with van der Waals surface area (Å²) in [5.74, 6) is 0. The van der Waals surface area contributed by atoms with E-state index < -0.39 is 0 Å². The Morgan fingerprint density at radius 1 is 0.329 bits per heavy atom. The SMILES string of the molecule is CC(C)(C)c1cc(-c2ccccc2)cc(N(c2ccc(C(C)(C)C)cc2-c2cc(C(C)(C)C)cc(C(C)(C)C)c2)c2ccc3ccc4c(-n5c6ccccc6c6ccccc65)ccc5ccc2c3c54)c1. The molecule has 70 heavy (non-hydrogen) atoms. The van der Waals surface area contributed by atoms with Crippen molar-refractivity contribution >= 4 is 71.2 Å². The lowest BCUT2D eigenvalue weighted by atomic mass is 9.78. The van der Waals surface area contributed by atoms with Gasteiger partial charge in [-0.1, -0.05) is 217 Å². The van der Waals surface area contributed by atoms with E-state index in [1.165, 1.54) is 104 Å². The molecule has 0 unspecified atom stereocenters. The number of hydrogen-bond acceptors (Lipinski definition) is 1. The van der Waals surface area contributed by atoms with Crippen molar-refractivity contribution in [3.8, 4) is 27.9 Å². The standard InChI is InChI=1S/C68H66N2/c1-65(2,3)48-30-35-62(57(42-48)47-37-49(66(4,5)6)40-50(38-47)67(7,8)9)69(52-39-46(43-20-14-13-15-21-43)36-51(41-52)68(10,11)12)60-33-28-44-27-32-56-61(34-29-45-26-31-55(60)63(44)64(45)56)70-58-24-18-16-22-53(58)54-23-17-19-25-59(54)70/h13-42H,1-12H3. The second-order valence-electron chi connectivity index (χ2n) is 24.0. The summed E-state index contributed by atoms with van der Waals surface area (Å²) in [6.45, 7) is 28.1. The molecular weight excluding hydrogens is 845 g/mol. The summed E-state index contributed by atoms with van der Waals surface area (Å²) in [7, 11) is 0. The van der Waals surface area contributed by atoms with Crippen LogP contribution in [0.2, 0.25) is 0 Å². The zero-order valence-electron chi connectivity index (χ0n) is 43.2. The Balaban J connectivity index is 1.26. The first-order chi connectivity index (χ1) is 33.2. The van der Waals surface area contributed by atoms with E-state index in [9.17, 15) is 0 Å². The molecule has 0 radical (unpaired) electrons. The lowest BCUT2D eigenvalue weighted by molar-refractivity contribution is 0.569. The molecule has 0 bridgehead atoms. The molecule has 2 heteroatoms. The van der Waals surface area contributed by atoms with Gasteiger partial charge in [0.15, 0.2) is 0 Å². The zero-order chi connectivity index (χ0) is 49.1. The van der Waals surface area contributed by atoms with E-state index in [0.717, 1.165) is 17.1 Å². The maximum absolute atomic E-state index is 2.60. The van der Waals surface area contributed by atoms with Crippen LogP contribution in [0, 0.1) is 0 Å². The lowest BCUT2D eigenvalue weighted by Crippen LogP contribution is -2.18. The van der Waals surface area contributed by atoms with Gasteiger partial charge in [0.05, 0.1) is 28.1 Å². The molecule has 348 valence electrons. The number of para-hydroxylation sites is 2. The predicted molar refractivity (Wildman–Crippen MR) is 305 cm³/mol. The first kappa shape index (κ1) is 45.3. The molecule has 11 aromatic rings. The molecule has 0 saturated carbocycles. The maximum atomic E-state index is 2.60. The highest BCUT2D eigenvalue weighted by atomic mass is 15.1. The van der Waals surface area contributed by atoms with Crippen molar-refractivity contribution in [2.45, 2.75) is 105 Å². The molecule has 2 nitrogen and oxygen atoms in total. The summed E-state index contributed by atoms with van der Waals surface area (Å²) >= 11 is 0. The van der Waals surface area contributed by atoms with Gasteiger partial charge in [0.1, 0.15) is 0 Å². The third-order valence-electron chi connectivity index (χ3n) is 14.9. The van der Waals surface area contributed by atoms with Gasteiger partial charge in [-0.15, -0.1) is 0 Å². The highest BCUT2D eigenvalue weighted by Crippen LogP contribution is 2.50. The first-order valence-corrected chi connectivity index (χ1v) is 25.3. The zero-order valence-corrected chi connectivity index (χ0v) is 43.2. The molecule has 0 fully saturated rings. The number of rotatable bonds is 6. The van der Waals surface area contributed by atoms with Crippen LogP contribution in [0.1, 0.15) is 105 Å². The third kappa shape index (κ3) is 7.73. The fourth-order valence-electron chi connectivity index (χ4n) is 10.8. The van der Waals surface area contributed by atoms with Crippen molar-refractivity contribution in [1.29, 1.82) is 0 Å². The van der Waals surface area contributed by atoms with Gasteiger partial charge in [-0.3, -0.25) is 0 Å². The molecule has 0 aliphatic heterocycles. The van der Waals surface area contributed by atoms with Crippen molar-refractivity contribution in [3.05, 3.63) is 204 Å². The van der Waals surface area contributed by atoms with Crippen LogP contribution in [0.3, 0.4) is 0 Å². The maximum Gasteiger partial charge on any atom is 0.0541 e. The summed E-state index contributed by atoms with van der Waals surface area (Å²) in [5, 5.41) is 10.1. The van der Waals surface area contributed by atoms with E-state index in [1.807, 2.05) is 0 Å². The van der Waals surface area contributed by atoms with E-state index in [1.54, 1.807) is 0 Å². The van der Waals surface area contributed by atoms with E-state index in [0.29, 0.717) is 0 Å². The Kier molecular flexibility index (Phi) is 10.5. The van der Waals surface area contributed by atoms with Crippen LogP contribution in [-0.2, 0) is 21.7 Å². The van der Waals surface area contributed by atoms with Gasteiger partial charge >= 0.3 is 0 Å². The number of anilines is 3. The molecule has 0 amide bonds. The van der Waals surface area contributed by atoms with Gasteiger partial charge in [0.2, 0.25) is 0 Å². The molecule has 0 saturated heterocycles. The van der Waals surface area contributed by atoms with E-state index in [-0.39, 0.29) is 21.7 Å². The Bertz CT molecular complexity index is 3710. The second kappa shape index (κ2) is 16.2. The van der Waals surface area contributed by atoms with E-state index in [4.69, 9.17) is 0 Å². The second-order valence-corrected chi connectivity index (χ2v) is 24.0. The number of hydrogen-bond donors (Lipinski definition) is 0. The summed E-state index contributed by atoms with van der Waals surface area (Å²) < 4.78 is 2.48. The van der Waals surface area contributed by atoms with Gasteiger partial charge in [-0.25, -0.2) is 0 Å². The van der Waals surface area contributed by atoms with Gasteiger partial charge < -0.3 is 9.47 Å². The highest BCUT2D eigenvalue weighted by Gasteiger charge is 2.29. The van der Waals surface area contributed by atoms with Crippen molar-refractivity contribution in [2.24, 2.45) is 0 Å². The summed E-state index contributed by atoms with van der Waals surface area (Å²) in [6, 6.07) is 69.4. The largest absolute Gasteiger partial charge is 0.309 e. The first-order valence-electron chi connectivity index (χ1n) is 25.3. The number of benzene rings is 10. The van der Waals surface area contributed by atoms with Crippen LogP contribution in [0.25, 0.3) is 82.1 Å². The van der Waals surface area contributed by atoms with E-state index >= 15 is 0 Å². The molecule has 1 heterocycles. The summed E-state index contributed by atoms with van der Waals surface area (Å²) in [4.78, 5) is 2.60. The fourth-order valence-corrected chi connectivity index (χ4v) is 10.8. The molecule has 0 spiro atoms. The molecule has 0 N–H and O–H groups in total. The van der Waals surface area contributed by atoms with Crippen LogP contribution in [0.5, 0.6) is 0 Å². The minimum absolute atomic E-state index is 0.0483. The Morgan fingerprint density at radius 2 is 0.814 bits per heavy atom. The van der Waals surface area contributed by atoms with Crippen LogP contribution < -0.4 is 4.90 Å². The Labute approximate surface area is 415 Å². The molecule has 0 atom stereocenters. The lowest BCUT2D eigenvalue weighted by Gasteiger charge is -2.33. The minimum atomic E-state index is -0.112. The number of nitrogens with zero attached hydrogens (tertiary/aromatic N) is 2. The van der Waals surface area contributed by atoms with Crippen molar-refractivity contribution in [1.82, 2.24) is 4.57 Å². The monoisotopic (exact) mass is 911 g/mol. The van der Waals surface area contributed by atoms with Gasteiger partial charge in [-0.2, -0.15) is 0 Å². The third-order valence-corrected chi connectivity index (χ3v) is 14.9. The van der Waals surface area contributed by atoms with Crippen LogP contribution in [0.4, 0.5) is 17.1 Å². The number of fused-ring (bicyclic) bond motifs is 3. The van der Waals surface area contributed by atoms with Gasteiger partial charge in [-0.05, 0) is 131 Å². The van der Waals surface area contributed by atoms with Gasteiger partial charge in [0, 0.05) is 32.8 Å². The Hall–Kier alpha value is -7.16. The van der Waals surface area contributed by atoms with Gasteiger partial charge in [0.25, 0.3) is 0 Å². The molecular formula is C68H66N2. The molecule has 1 aromatic heterocycles. The summed E-state index contributed by atoms with van der Waals surface area (Å²) in [6.07, 6.45) is 0. The van der Waals surface area contributed by atoms with Crippen molar-refractivity contribution < 1.29 is 0 Å². The average Bonchev–Trinajstić information content (AvgIpc) is 3.66. The van der Waals surface area contributed by atoms with Crippen molar-refractivity contribution in [3.63, 3.8) is 0 Å². The average molecular weight is 911 g/mol. The molecule has 11 rings (SSSR count). The van der Waals surface area contributed by atoms with Crippen LogP contribution in [-0.4, -0.2) is 4.57 Å². The molecule has 0 aliphatic carbocycles. The summed E-state index contributed by atoms with van der Waals surface area (Å²) in [5.41, 5.74) is 17.0. The highest BCUT2D eigenvalue weighted by molar-refractivity contribution is 6.27. The quantitative estimate of drug-likeness (QED) is 0.151. The van der Waals surface area contributed by atoms with Crippen LogP contribution in [0.15, 0.2) is 182 Å². The number of aromatic nitrogens is 1. The van der Waals surface area contributed by atoms with E-state index in [2.05, 4.69) is 275 Å². The Morgan fingerprint density at radius 3 is 1.41 bits per heavy atom. The molecule has 10 aromatic carbocycles. The topological polar surface area (TPSA) is 8.17 Å². The van der Waals surface area contributed by atoms with Crippen molar-refractivity contribution in [2.75, 3.05) is 4.90 Å². The van der Waals surface area contributed by atoms with Crippen LogP contribution >= 0.6 is 0 Å². The smallest absolute Gasteiger partial charge is 0.0541 e. The fraction of sp³-hybridized carbons (Fsp3) is 0.235. The predicted octanol–water partition coefficient (Wildman–Crippen LogP) is 19.7.